The van der Waals surface area contributed by atoms with Crippen molar-refractivity contribution in [1.29, 1.82) is 0 Å². The highest BCUT2D eigenvalue weighted by Gasteiger charge is 2.24. The third-order valence-electron chi connectivity index (χ3n) is 5.05. The van der Waals surface area contributed by atoms with Crippen LogP contribution in [0.25, 0.3) is 0 Å². The first-order valence-electron chi connectivity index (χ1n) is 9.15. The lowest BCUT2D eigenvalue weighted by Crippen LogP contribution is -2.29. The van der Waals surface area contributed by atoms with Gasteiger partial charge in [-0.3, -0.25) is 0 Å². The molecule has 0 aromatic heterocycles. The van der Waals surface area contributed by atoms with Gasteiger partial charge in [0.2, 0.25) is 0 Å². The summed E-state index contributed by atoms with van der Waals surface area (Å²) in [4.78, 5) is 0. The molecule has 0 aliphatic heterocycles. The number of hydrogen-bond donors (Lipinski definition) is 1. The van der Waals surface area contributed by atoms with E-state index in [0.717, 1.165) is 23.5 Å². The summed E-state index contributed by atoms with van der Waals surface area (Å²) in [6, 6.07) is 20.2. The normalized spacial score (nSPS) is 10.7. The van der Waals surface area contributed by atoms with Gasteiger partial charge in [-0.2, -0.15) is 0 Å². The molecule has 0 aliphatic carbocycles. The van der Waals surface area contributed by atoms with Crippen LogP contribution >= 0.6 is 0 Å². The van der Waals surface area contributed by atoms with Gasteiger partial charge in [-0.1, -0.05) is 57.0 Å². The molecule has 0 saturated heterocycles. The van der Waals surface area contributed by atoms with Crippen LogP contribution in [0.15, 0.2) is 48.5 Å². The van der Waals surface area contributed by atoms with Crippen LogP contribution in [-0.2, 0) is 6.54 Å². The van der Waals surface area contributed by atoms with E-state index in [4.69, 9.17) is 4.74 Å². The van der Waals surface area contributed by atoms with Gasteiger partial charge in [-0.15, -0.1) is 5.54 Å². The van der Waals surface area contributed by atoms with Gasteiger partial charge in [0.1, 0.15) is 13.8 Å². The topological polar surface area (TPSA) is 21.3 Å². The Hall–Kier alpha value is -2.18. The Bertz CT molecular complexity index is 718. The lowest BCUT2D eigenvalue weighted by Gasteiger charge is -2.20. The molecule has 3 heteroatoms. The lowest BCUT2D eigenvalue weighted by atomic mass is 10.1. The van der Waals surface area contributed by atoms with E-state index in [2.05, 4.69) is 67.9 Å². The van der Waals surface area contributed by atoms with Gasteiger partial charge in [0.25, 0.3) is 0 Å². The zero-order valence-corrected chi connectivity index (χ0v) is 16.9. The fraction of sp³-hybridized carbons (Fsp3) is 0.364. The molecule has 0 fully saturated rings. The summed E-state index contributed by atoms with van der Waals surface area (Å²) < 4.78 is 5.40. The van der Waals surface area contributed by atoms with Crippen LogP contribution in [0.4, 0.5) is 5.69 Å². The molecule has 0 heterocycles. The highest BCUT2D eigenvalue weighted by Crippen LogP contribution is 2.24. The van der Waals surface area contributed by atoms with E-state index in [1.165, 1.54) is 23.7 Å². The molecule has 25 heavy (non-hydrogen) atoms. The highest BCUT2D eigenvalue weighted by molar-refractivity contribution is 6.87. The van der Waals surface area contributed by atoms with Crippen molar-refractivity contribution in [3.05, 3.63) is 59.7 Å². The van der Waals surface area contributed by atoms with Crippen LogP contribution < -0.4 is 10.1 Å². The fourth-order valence-corrected chi connectivity index (χ4v) is 5.35. The third kappa shape index (κ3) is 5.14. The monoisotopic (exact) mass is 351 g/mol. The summed E-state index contributed by atoms with van der Waals surface area (Å²) in [6.07, 6.45) is 0. The van der Waals surface area contributed by atoms with Gasteiger partial charge in [0.15, 0.2) is 0 Å². The number of rotatable bonds is 7. The number of methoxy groups -OCH3 is 1. The molecule has 0 spiro atoms. The first-order chi connectivity index (χ1) is 12.2. The number of benzene rings is 2. The van der Waals surface area contributed by atoms with Crippen LogP contribution in [0.3, 0.4) is 0 Å². The predicted octanol–water partition coefficient (Wildman–Crippen LogP) is 5.71. The van der Waals surface area contributed by atoms with E-state index in [0.29, 0.717) is 0 Å². The molecular formula is C22H29NOSi. The Morgan fingerprint density at radius 2 is 1.64 bits per heavy atom. The van der Waals surface area contributed by atoms with Crippen molar-refractivity contribution in [2.24, 2.45) is 0 Å². The minimum atomic E-state index is -1.47. The van der Waals surface area contributed by atoms with Gasteiger partial charge in [0.05, 0.1) is 18.4 Å². The van der Waals surface area contributed by atoms with Crippen molar-refractivity contribution in [3.63, 3.8) is 0 Å². The van der Waals surface area contributed by atoms with Gasteiger partial charge in [0, 0.05) is 6.54 Å². The minimum Gasteiger partial charge on any atom is -0.497 e. The largest absolute Gasteiger partial charge is 0.497 e. The number of nitrogens with one attached hydrogen (secondary N) is 1. The van der Waals surface area contributed by atoms with Crippen LogP contribution in [0.2, 0.25) is 18.1 Å². The molecule has 0 bridgehead atoms. The van der Waals surface area contributed by atoms with Crippen molar-refractivity contribution >= 4 is 13.8 Å². The average Bonchev–Trinajstić information content (AvgIpc) is 2.69. The fourth-order valence-electron chi connectivity index (χ4n) is 2.92. The average molecular weight is 352 g/mol. The van der Waals surface area contributed by atoms with Crippen molar-refractivity contribution < 1.29 is 4.74 Å². The van der Waals surface area contributed by atoms with E-state index < -0.39 is 8.07 Å². The minimum absolute atomic E-state index is 0.791. The quantitative estimate of drug-likeness (QED) is 0.510. The molecule has 0 aliphatic rings. The van der Waals surface area contributed by atoms with Gasteiger partial charge >= 0.3 is 0 Å². The summed E-state index contributed by atoms with van der Waals surface area (Å²) in [5.41, 5.74) is 7.05. The second kappa shape index (κ2) is 9.34. The SMILES string of the molecule is CC[Si](C#Cc1cc(OC)ccc1NCc1ccccc1)(CC)CC. The van der Waals surface area contributed by atoms with Crippen molar-refractivity contribution in [2.75, 3.05) is 12.4 Å². The van der Waals surface area contributed by atoms with E-state index in [1.807, 2.05) is 18.2 Å². The van der Waals surface area contributed by atoms with Crippen LogP contribution in [0, 0.1) is 11.5 Å². The van der Waals surface area contributed by atoms with Crippen LogP contribution in [0.1, 0.15) is 31.9 Å². The zero-order valence-electron chi connectivity index (χ0n) is 15.9. The first kappa shape index (κ1) is 19.1. The Morgan fingerprint density at radius 3 is 2.24 bits per heavy atom. The molecule has 0 radical (unpaired) electrons. The maximum absolute atomic E-state index is 5.40. The van der Waals surface area contributed by atoms with Gasteiger partial charge in [-0.25, -0.2) is 0 Å². The van der Waals surface area contributed by atoms with Crippen molar-refractivity contribution in [2.45, 2.75) is 45.4 Å². The van der Waals surface area contributed by atoms with E-state index in [1.54, 1.807) is 7.11 Å². The number of anilines is 1. The van der Waals surface area contributed by atoms with Crippen LogP contribution in [0.5, 0.6) is 5.75 Å². The summed E-state index contributed by atoms with van der Waals surface area (Å²) in [6.45, 7) is 7.65. The van der Waals surface area contributed by atoms with Gasteiger partial charge < -0.3 is 10.1 Å². The summed E-state index contributed by atoms with van der Waals surface area (Å²) in [5.74, 6) is 4.34. The smallest absolute Gasteiger partial charge is 0.138 e. The van der Waals surface area contributed by atoms with E-state index in [9.17, 15) is 0 Å². The molecule has 2 aromatic carbocycles. The molecule has 0 atom stereocenters. The summed E-state index contributed by atoms with van der Waals surface area (Å²) in [5, 5.41) is 3.53. The number of hydrogen-bond acceptors (Lipinski definition) is 2. The Labute approximate surface area is 153 Å². The van der Waals surface area contributed by atoms with Crippen LogP contribution in [-0.4, -0.2) is 15.2 Å². The third-order valence-corrected chi connectivity index (χ3v) is 9.76. The van der Waals surface area contributed by atoms with Crippen molar-refractivity contribution in [1.82, 2.24) is 0 Å². The maximum Gasteiger partial charge on any atom is 0.138 e. The van der Waals surface area contributed by atoms with Crippen molar-refractivity contribution in [3.8, 4) is 17.2 Å². The molecule has 2 rings (SSSR count). The Morgan fingerprint density at radius 1 is 0.960 bits per heavy atom. The molecule has 0 unspecified atom stereocenters. The Kier molecular flexibility index (Phi) is 7.15. The molecular weight excluding hydrogens is 322 g/mol. The first-order valence-corrected chi connectivity index (χ1v) is 11.8. The lowest BCUT2D eigenvalue weighted by molar-refractivity contribution is 0.415. The molecule has 1 N–H and O–H groups in total. The maximum atomic E-state index is 5.40. The van der Waals surface area contributed by atoms with E-state index >= 15 is 0 Å². The second-order valence-corrected chi connectivity index (χ2v) is 11.3. The molecule has 0 amide bonds. The number of ether oxygens (including phenoxy) is 1. The summed E-state index contributed by atoms with van der Waals surface area (Å²) >= 11 is 0. The molecule has 0 saturated carbocycles. The van der Waals surface area contributed by atoms with E-state index in [-0.39, 0.29) is 0 Å². The zero-order chi connectivity index (χ0) is 18.1. The predicted molar refractivity (Wildman–Crippen MR) is 111 cm³/mol. The standard InChI is InChI=1S/C22H29NOSi/c1-5-25(6-2,7-3)16-15-20-17-21(24-4)13-14-22(20)23-18-19-11-9-8-10-12-19/h8-14,17,23H,5-7,18H2,1-4H3. The highest BCUT2D eigenvalue weighted by atomic mass is 28.3. The second-order valence-electron chi connectivity index (χ2n) is 6.34. The Balaban J connectivity index is 2.29. The molecule has 132 valence electrons. The molecule has 2 nitrogen and oxygen atoms in total. The van der Waals surface area contributed by atoms with Gasteiger partial charge in [-0.05, 0) is 41.9 Å². The summed E-state index contributed by atoms with van der Waals surface area (Å²) in [7, 11) is 0.234. The molecule has 2 aromatic rings.